The van der Waals surface area contributed by atoms with E-state index in [9.17, 15) is 4.39 Å². The highest BCUT2D eigenvalue weighted by atomic mass is 19.1. The molecule has 4 aliphatic heterocycles. The standard InChI is InChI=1S/C23H29FN4O3/c24-18-1-2-20(17-5-8-29-11-17)21(9-18)16-3-6-27(7-4-16)19-10-23(31-12-19)13-28(14-23)22-26-25-15-30-22/h1-2,9,15-17,19H,3-8,10-14H2/t17?,19-/m0/s1. The molecule has 1 aromatic carbocycles. The summed E-state index contributed by atoms with van der Waals surface area (Å²) in [5.74, 6) is 0.717. The summed E-state index contributed by atoms with van der Waals surface area (Å²) in [6.07, 6.45) is 5.60. The van der Waals surface area contributed by atoms with Crippen LogP contribution < -0.4 is 4.90 Å². The number of anilines is 1. The summed E-state index contributed by atoms with van der Waals surface area (Å²) in [4.78, 5) is 4.66. The summed E-state index contributed by atoms with van der Waals surface area (Å²) in [6, 6.07) is 6.43. The van der Waals surface area contributed by atoms with Crippen molar-refractivity contribution < 1.29 is 18.3 Å². The number of nitrogens with zero attached hydrogens (tertiary/aromatic N) is 4. The molecule has 1 spiro atoms. The average molecular weight is 429 g/mol. The lowest BCUT2D eigenvalue weighted by atomic mass is 9.81. The molecule has 31 heavy (non-hydrogen) atoms. The normalized spacial score (nSPS) is 29.0. The third-order valence-electron chi connectivity index (χ3n) is 7.67. The molecule has 8 heteroatoms. The Hall–Kier alpha value is -2.03. The van der Waals surface area contributed by atoms with Crippen LogP contribution in [0.2, 0.25) is 0 Å². The van der Waals surface area contributed by atoms with Gasteiger partial charge in [-0.1, -0.05) is 11.2 Å². The molecule has 4 saturated heterocycles. The Morgan fingerprint density at radius 1 is 1.03 bits per heavy atom. The smallest absolute Gasteiger partial charge is 0.318 e. The van der Waals surface area contributed by atoms with Gasteiger partial charge in [-0.15, -0.1) is 5.10 Å². The molecule has 0 aliphatic carbocycles. The number of rotatable bonds is 4. The summed E-state index contributed by atoms with van der Waals surface area (Å²) in [7, 11) is 0. The van der Waals surface area contributed by atoms with Gasteiger partial charge in [-0.05, 0) is 68.0 Å². The highest BCUT2D eigenvalue weighted by Crippen LogP contribution is 2.41. The maximum absolute atomic E-state index is 14.1. The monoisotopic (exact) mass is 428 g/mol. The van der Waals surface area contributed by atoms with E-state index in [2.05, 4.69) is 20.0 Å². The number of benzene rings is 1. The van der Waals surface area contributed by atoms with Crippen LogP contribution in [0.1, 0.15) is 48.6 Å². The zero-order valence-electron chi connectivity index (χ0n) is 17.7. The number of ether oxygens (including phenoxy) is 2. The van der Waals surface area contributed by atoms with Crippen LogP contribution in [-0.2, 0) is 9.47 Å². The molecule has 0 saturated carbocycles. The fraction of sp³-hybridized carbons (Fsp3) is 0.652. The van der Waals surface area contributed by atoms with Crippen molar-refractivity contribution in [2.75, 3.05) is 50.9 Å². The number of aromatic nitrogens is 2. The minimum Gasteiger partial charge on any atom is -0.411 e. The molecule has 2 aromatic rings. The number of halogens is 1. The van der Waals surface area contributed by atoms with Crippen LogP contribution in [0.3, 0.4) is 0 Å². The first-order valence-corrected chi connectivity index (χ1v) is 11.5. The molecule has 6 rings (SSSR count). The summed E-state index contributed by atoms with van der Waals surface area (Å²) in [5.41, 5.74) is 2.44. The van der Waals surface area contributed by atoms with Gasteiger partial charge in [-0.3, -0.25) is 4.90 Å². The molecule has 5 heterocycles. The molecule has 4 fully saturated rings. The van der Waals surface area contributed by atoms with Crippen molar-refractivity contribution >= 4 is 6.01 Å². The van der Waals surface area contributed by atoms with Gasteiger partial charge in [0.15, 0.2) is 0 Å². The minimum atomic E-state index is -0.123. The Bertz CT molecular complexity index is 904. The van der Waals surface area contributed by atoms with Crippen LogP contribution in [0, 0.1) is 5.82 Å². The highest BCUT2D eigenvalue weighted by Gasteiger charge is 2.52. The Kier molecular flexibility index (Phi) is 4.96. The van der Waals surface area contributed by atoms with Crippen molar-refractivity contribution in [1.82, 2.24) is 15.1 Å². The second-order valence-electron chi connectivity index (χ2n) is 9.57. The molecule has 0 amide bonds. The Labute approximate surface area is 181 Å². The third kappa shape index (κ3) is 3.64. The van der Waals surface area contributed by atoms with Gasteiger partial charge in [0.25, 0.3) is 0 Å². The number of piperidine rings is 1. The second-order valence-corrected chi connectivity index (χ2v) is 9.57. The van der Waals surface area contributed by atoms with E-state index in [1.807, 2.05) is 6.07 Å². The van der Waals surface area contributed by atoms with E-state index >= 15 is 0 Å². The Balaban J connectivity index is 1.07. The lowest BCUT2D eigenvalue weighted by Crippen LogP contribution is -2.62. The fourth-order valence-electron chi connectivity index (χ4n) is 5.99. The van der Waals surface area contributed by atoms with E-state index in [1.54, 1.807) is 12.1 Å². The SMILES string of the molecule is Fc1ccc(C2CCOC2)c(C2CCN([C@@H]3COC4(C3)CN(c3nnco3)C4)CC2)c1. The molecule has 0 radical (unpaired) electrons. The average Bonchev–Trinajstić information content (AvgIpc) is 3.54. The molecule has 0 bridgehead atoms. The van der Waals surface area contributed by atoms with Gasteiger partial charge >= 0.3 is 6.01 Å². The number of likely N-dealkylation sites (tertiary alicyclic amines) is 1. The third-order valence-corrected chi connectivity index (χ3v) is 7.67. The van der Waals surface area contributed by atoms with Gasteiger partial charge in [0, 0.05) is 18.6 Å². The highest BCUT2D eigenvalue weighted by molar-refractivity contribution is 5.36. The number of hydrogen-bond acceptors (Lipinski definition) is 7. The van der Waals surface area contributed by atoms with E-state index in [1.165, 1.54) is 17.5 Å². The molecular formula is C23H29FN4O3. The first-order valence-electron chi connectivity index (χ1n) is 11.5. The first-order chi connectivity index (χ1) is 15.2. The molecule has 2 atom stereocenters. The van der Waals surface area contributed by atoms with Crippen molar-refractivity contribution in [1.29, 1.82) is 0 Å². The quantitative estimate of drug-likeness (QED) is 0.742. The Morgan fingerprint density at radius 2 is 1.90 bits per heavy atom. The van der Waals surface area contributed by atoms with Gasteiger partial charge in [-0.25, -0.2) is 4.39 Å². The van der Waals surface area contributed by atoms with Crippen molar-refractivity contribution in [2.45, 2.75) is 49.2 Å². The molecule has 7 nitrogen and oxygen atoms in total. The topological polar surface area (TPSA) is 63.9 Å². The lowest BCUT2D eigenvalue weighted by molar-refractivity contribution is -0.0216. The molecule has 0 N–H and O–H groups in total. The van der Waals surface area contributed by atoms with E-state index in [0.29, 0.717) is 23.9 Å². The van der Waals surface area contributed by atoms with E-state index in [0.717, 1.165) is 71.7 Å². The largest absolute Gasteiger partial charge is 0.411 e. The zero-order chi connectivity index (χ0) is 20.8. The van der Waals surface area contributed by atoms with Gasteiger partial charge in [0.2, 0.25) is 6.39 Å². The van der Waals surface area contributed by atoms with Gasteiger partial charge < -0.3 is 18.8 Å². The Morgan fingerprint density at radius 3 is 2.65 bits per heavy atom. The summed E-state index contributed by atoms with van der Waals surface area (Å²) in [6.45, 7) is 6.08. The van der Waals surface area contributed by atoms with Crippen LogP contribution in [-0.4, -0.2) is 72.7 Å². The predicted molar refractivity (Wildman–Crippen MR) is 112 cm³/mol. The molecule has 166 valence electrons. The lowest BCUT2D eigenvalue weighted by Gasteiger charge is -2.46. The summed E-state index contributed by atoms with van der Waals surface area (Å²) in [5, 5.41) is 7.75. The number of hydrogen-bond donors (Lipinski definition) is 0. The second kappa shape index (κ2) is 7.83. The summed E-state index contributed by atoms with van der Waals surface area (Å²) >= 11 is 0. The predicted octanol–water partition coefficient (Wildman–Crippen LogP) is 2.94. The van der Waals surface area contributed by atoms with Gasteiger partial charge in [-0.2, -0.15) is 0 Å². The maximum atomic E-state index is 14.1. The van der Waals surface area contributed by atoms with E-state index in [-0.39, 0.29) is 11.4 Å². The van der Waals surface area contributed by atoms with Crippen LogP contribution in [0.25, 0.3) is 0 Å². The summed E-state index contributed by atoms with van der Waals surface area (Å²) < 4.78 is 31.2. The maximum Gasteiger partial charge on any atom is 0.318 e. The van der Waals surface area contributed by atoms with Crippen molar-refractivity contribution in [3.63, 3.8) is 0 Å². The molecular weight excluding hydrogens is 399 g/mol. The van der Waals surface area contributed by atoms with Crippen molar-refractivity contribution in [2.24, 2.45) is 0 Å². The molecule has 1 aromatic heterocycles. The first kappa shape index (κ1) is 19.6. The van der Waals surface area contributed by atoms with E-state index < -0.39 is 0 Å². The van der Waals surface area contributed by atoms with Crippen LogP contribution in [0.4, 0.5) is 10.4 Å². The minimum absolute atomic E-state index is 0.0752. The van der Waals surface area contributed by atoms with Crippen LogP contribution in [0.5, 0.6) is 0 Å². The van der Waals surface area contributed by atoms with Crippen LogP contribution >= 0.6 is 0 Å². The fourth-order valence-corrected chi connectivity index (χ4v) is 5.99. The van der Waals surface area contributed by atoms with Crippen molar-refractivity contribution in [3.8, 4) is 0 Å². The van der Waals surface area contributed by atoms with Gasteiger partial charge in [0.1, 0.15) is 11.4 Å². The molecule has 1 unspecified atom stereocenters. The van der Waals surface area contributed by atoms with E-state index in [4.69, 9.17) is 13.9 Å². The van der Waals surface area contributed by atoms with Crippen molar-refractivity contribution in [3.05, 3.63) is 41.5 Å². The molecule has 4 aliphatic rings. The van der Waals surface area contributed by atoms with Crippen LogP contribution in [0.15, 0.2) is 29.0 Å². The van der Waals surface area contributed by atoms with Gasteiger partial charge in [0.05, 0.1) is 26.3 Å². The zero-order valence-corrected chi connectivity index (χ0v) is 17.7.